The first kappa shape index (κ1) is 18.9. The van der Waals surface area contributed by atoms with Crippen molar-refractivity contribution < 1.29 is 13.7 Å². The van der Waals surface area contributed by atoms with E-state index in [0.29, 0.717) is 28.1 Å². The van der Waals surface area contributed by atoms with Crippen LogP contribution < -0.4 is 5.32 Å². The second-order valence-corrected chi connectivity index (χ2v) is 8.67. The zero-order chi connectivity index (χ0) is 20.8. The molecule has 0 bridgehead atoms. The van der Waals surface area contributed by atoms with Gasteiger partial charge in [0.25, 0.3) is 11.6 Å². The summed E-state index contributed by atoms with van der Waals surface area (Å²) in [5, 5.41) is 7.91. The van der Waals surface area contributed by atoms with Gasteiger partial charge in [0.2, 0.25) is 0 Å². The van der Waals surface area contributed by atoms with Crippen molar-refractivity contribution in [2.24, 2.45) is 0 Å². The van der Waals surface area contributed by atoms with Crippen molar-refractivity contribution in [1.29, 1.82) is 0 Å². The van der Waals surface area contributed by atoms with Gasteiger partial charge < -0.3 is 14.3 Å². The molecule has 3 aromatic heterocycles. The van der Waals surface area contributed by atoms with Crippen LogP contribution in [0.2, 0.25) is 0 Å². The van der Waals surface area contributed by atoms with E-state index in [-0.39, 0.29) is 11.9 Å². The third kappa shape index (κ3) is 3.19. The zero-order valence-electron chi connectivity index (χ0n) is 17.0. The maximum atomic E-state index is 13.4. The van der Waals surface area contributed by atoms with Crippen LogP contribution in [0.5, 0.6) is 0 Å². The first-order chi connectivity index (χ1) is 14.5. The van der Waals surface area contributed by atoms with Crippen LogP contribution in [0.1, 0.15) is 45.6 Å². The monoisotopic (exact) mass is 419 g/mol. The number of aryl methyl sites for hydroxylation is 3. The van der Waals surface area contributed by atoms with Gasteiger partial charge in [-0.05, 0) is 51.0 Å². The number of nitrogens with zero attached hydrogens (tertiary/aromatic N) is 2. The summed E-state index contributed by atoms with van der Waals surface area (Å²) in [6.07, 6.45) is 0.886. The summed E-state index contributed by atoms with van der Waals surface area (Å²) in [7, 11) is 0. The number of thioether (sulfide) groups is 1. The van der Waals surface area contributed by atoms with Crippen molar-refractivity contribution in [3.63, 3.8) is 0 Å². The van der Waals surface area contributed by atoms with Crippen LogP contribution in [-0.2, 0) is 0 Å². The first-order valence-corrected chi connectivity index (χ1v) is 10.9. The number of benzene rings is 1. The predicted molar refractivity (Wildman–Crippen MR) is 116 cm³/mol. The largest absolute Gasteiger partial charge is 0.466 e. The Kier molecular flexibility index (Phi) is 4.62. The third-order valence-corrected chi connectivity index (χ3v) is 6.57. The summed E-state index contributed by atoms with van der Waals surface area (Å²) in [4.78, 5) is 19.2. The number of hydrogen-bond donors (Lipinski definition) is 1. The Morgan fingerprint density at radius 2 is 2.03 bits per heavy atom. The van der Waals surface area contributed by atoms with Crippen LogP contribution in [0.3, 0.4) is 0 Å². The average Bonchev–Trinajstić information content (AvgIpc) is 3.29. The molecule has 4 aromatic rings. The molecular formula is C23H21N3O3S. The van der Waals surface area contributed by atoms with Gasteiger partial charge in [-0.15, -0.1) is 11.8 Å². The summed E-state index contributed by atoms with van der Waals surface area (Å²) < 4.78 is 11.1. The van der Waals surface area contributed by atoms with Crippen molar-refractivity contribution in [2.45, 2.75) is 38.1 Å². The van der Waals surface area contributed by atoms with Gasteiger partial charge in [0, 0.05) is 16.2 Å². The number of amides is 1. The molecule has 5 rings (SSSR count). The number of aromatic nitrogens is 2. The summed E-state index contributed by atoms with van der Waals surface area (Å²) >= 11 is 1.83. The van der Waals surface area contributed by atoms with E-state index < -0.39 is 0 Å². The maximum Gasteiger partial charge on any atom is 0.259 e. The predicted octanol–water partition coefficient (Wildman–Crippen LogP) is 5.37. The molecule has 1 aliphatic heterocycles. The van der Waals surface area contributed by atoms with Gasteiger partial charge in [0.05, 0.1) is 28.4 Å². The quantitative estimate of drug-likeness (QED) is 0.480. The minimum absolute atomic E-state index is 0.0281. The number of rotatable bonds is 3. The number of hydrogen-bond acceptors (Lipinski definition) is 6. The topological polar surface area (TPSA) is 81.2 Å². The van der Waals surface area contributed by atoms with E-state index in [1.165, 1.54) is 4.90 Å². The number of furan rings is 1. The molecule has 0 saturated carbocycles. The first-order valence-electron chi connectivity index (χ1n) is 9.88. The molecular weight excluding hydrogens is 398 g/mol. The van der Waals surface area contributed by atoms with Crippen molar-refractivity contribution in [3.8, 4) is 11.3 Å². The van der Waals surface area contributed by atoms with E-state index in [4.69, 9.17) is 8.94 Å². The fourth-order valence-corrected chi connectivity index (χ4v) is 5.15. The smallest absolute Gasteiger partial charge is 0.259 e. The molecule has 1 atom stereocenters. The molecule has 30 heavy (non-hydrogen) atoms. The molecule has 0 radical (unpaired) electrons. The summed E-state index contributed by atoms with van der Waals surface area (Å²) in [6.45, 7) is 5.60. The number of fused-ring (bicyclic) bond motifs is 2. The molecule has 1 aliphatic rings. The van der Waals surface area contributed by atoms with E-state index in [1.807, 2.05) is 56.8 Å². The molecule has 0 fully saturated rings. The minimum Gasteiger partial charge on any atom is -0.466 e. The van der Waals surface area contributed by atoms with Crippen LogP contribution in [0.15, 0.2) is 50.2 Å². The normalized spacial score (nSPS) is 15.9. The van der Waals surface area contributed by atoms with Crippen LogP contribution >= 0.6 is 11.8 Å². The van der Waals surface area contributed by atoms with Crippen molar-refractivity contribution in [1.82, 2.24) is 15.5 Å². The molecule has 0 saturated heterocycles. The lowest BCUT2D eigenvalue weighted by Crippen LogP contribution is -2.30. The number of pyridine rings is 1. The van der Waals surface area contributed by atoms with Crippen molar-refractivity contribution in [3.05, 3.63) is 64.7 Å². The molecule has 0 spiro atoms. The van der Waals surface area contributed by atoms with Gasteiger partial charge in [-0.25, -0.2) is 4.98 Å². The molecule has 1 amide bonds. The van der Waals surface area contributed by atoms with E-state index in [9.17, 15) is 4.79 Å². The van der Waals surface area contributed by atoms with Gasteiger partial charge in [-0.3, -0.25) is 4.79 Å². The van der Waals surface area contributed by atoms with E-state index in [0.717, 1.165) is 34.8 Å². The summed E-state index contributed by atoms with van der Waals surface area (Å²) in [5.41, 5.74) is 4.16. The van der Waals surface area contributed by atoms with Crippen molar-refractivity contribution >= 4 is 28.8 Å². The number of carbonyl (C=O) groups excluding carboxylic acids is 1. The van der Waals surface area contributed by atoms with E-state index in [1.54, 1.807) is 0 Å². The Labute approximate surface area is 178 Å². The standard InChI is InChI=1S/C23H21N3O3S/c1-12-10-16(14(3)28-12)19-11-17(21-13(2)26-29-23(21)25-19)22(27)24-18-8-9-30-20-7-5-4-6-15(18)20/h4-7,10-11,18H,8-9H2,1-3H3,(H,24,27). The molecule has 152 valence electrons. The zero-order valence-corrected chi connectivity index (χ0v) is 17.8. The third-order valence-electron chi connectivity index (χ3n) is 5.44. The number of nitrogens with one attached hydrogen (secondary N) is 1. The van der Waals surface area contributed by atoms with Gasteiger partial charge in [0.1, 0.15) is 11.5 Å². The molecule has 1 unspecified atom stereocenters. The molecule has 1 N–H and O–H groups in total. The Morgan fingerprint density at radius 1 is 1.20 bits per heavy atom. The lowest BCUT2D eigenvalue weighted by atomic mass is 10.0. The Morgan fingerprint density at radius 3 is 2.83 bits per heavy atom. The molecule has 4 heterocycles. The summed E-state index contributed by atoms with van der Waals surface area (Å²) in [6, 6.07) is 11.9. The van der Waals surface area contributed by atoms with Gasteiger partial charge in [-0.2, -0.15) is 0 Å². The lowest BCUT2D eigenvalue weighted by molar-refractivity contribution is 0.0936. The highest BCUT2D eigenvalue weighted by atomic mass is 32.2. The van der Waals surface area contributed by atoms with Crippen LogP contribution in [0.4, 0.5) is 0 Å². The Balaban J connectivity index is 1.57. The maximum absolute atomic E-state index is 13.4. The van der Waals surface area contributed by atoms with E-state index in [2.05, 4.69) is 27.6 Å². The van der Waals surface area contributed by atoms with Crippen LogP contribution in [0, 0.1) is 20.8 Å². The Bertz CT molecular complexity index is 1270. The fraction of sp³-hybridized carbons (Fsp3) is 0.261. The molecule has 6 nitrogen and oxygen atoms in total. The molecule has 7 heteroatoms. The van der Waals surface area contributed by atoms with Crippen molar-refractivity contribution in [2.75, 3.05) is 5.75 Å². The van der Waals surface area contributed by atoms with Crippen LogP contribution in [0.25, 0.3) is 22.4 Å². The summed E-state index contributed by atoms with van der Waals surface area (Å²) in [5.74, 6) is 2.36. The molecule has 1 aromatic carbocycles. The molecule has 0 aliphatic carbocycles. The second-order valence-electron chi connectivity index (χ2n) is 7.53. The van der Waals surface area contributed by atoms with Gasteiger partial charge >= 0.3 is 0 Å². The minimum atomic E-state index is -0.153. The van der Waals surface area contributed by atoms with Crippen LogP contribution in [-0.4, -0.2) is 21.8 Å². The SMILES string of the molecule is Cc1cc(-c2cc(C(=O)NC3CCSc4ccccc43)c3c(C)noc3n2)c(C)o1. The number of carbonyl (C=O) groups is 1. The highest BCUT2D eigenvalue weighted by molar-refractivity contribution is 7.99. The van der Waals surface area contributed by atoms with E-state index >= 15 is 0 Å². The Hall–Kier alpha value is -3.06. The van der Waals surface area contributed by atoms with Gasteiger partial charge in [0.15, 0.2) is 0 Å². The van der Waals surface area contributed by atoms with Gasteiger partial charge in [-0.1, -0.05) is 23.4 Å². The highest BCUT2D eigenvalue weighted by Gasteiger charge is 2.26. The fourth-order valence-electron chi connectivity index (χ4n) is 4.02. The highest BCUT2D eigenvalue weighted by Crippen LogP contribution is 2.36. The average molecular weight is 420 g/mol. The lowest BCUT2D eigenvalue weighted by Gasteiger charge is -2.26. The second kappa shape index (κ2) is 7.32.